The maximum Gasteiger partial charge on any atom is 0.267 e. The largest absolute Gasteiger partial charge is 0.497 e. The van der Waals surface area contributed by atoms with Gasteiger partial charge in [0.2, 0.25) is 0 Å². The van der Waals surface area contributed by atoms with Gasteiger partial charge in [0, 0.05) is 31.5 Å². The number of hydrogen-bond donors (Lipinski definition) is 2. The Labute approximate surface area is 264 Å². The molecule has 11 heteroatoms. The van der Waals surface area contributed by atoms with Gasteiger partial charge in [0.25, 0.3) is 11.8 Å². The summed E-state index contributed by atoms with van der Waals surface area (Å²) in [7, 11) is 3.19. The molecule has 2 amide bonds. The van der Waals surface area contributed by atoms with Crippen molar-refractivity contribution in [2.45, 2.75) is 0 Å². The molecule has 0 fully saturated rings. The smallest absolute Gasteiger partial charge is 0.267 e. The Balaban J connectivity index is 1.08. The molecule has 43 heavy (non-hydrogen) atoms. The number of anilines is 2. The van der Waals surface area contributed by atoms with E-state index < -0.39 is 0 Å². The third-order valence-electron chi connectivity index (χ3n) is 6.55. The molecule has 2 N–H and O–H groups in total. The fraction of sp³-hybridized carbons (Fsp3) is 0.0625. The average molecular weight is 650 g/mol. The molecule has 0 bridgehead atoms. The number of rotatable bonds is 8. The highest BCUT2D eigenvalue weighted by Crippen LogP contribution is 2.39. The molecule has 6 rings (SSSR count). The lowest BCUT2D eigenvalue weighted by Gasteiger charge is -2.09. The summed E-state index contributed by atoms with van der Waals surface area (Å²) in [6.07, 6.45) is 0. The van der Waals surface area contributed by atoms with Crippen LogP contribution in [0.5, 0.6) is 23.0 Å². The Bertz CT molecular complexity index is 1840. The number of carbonyl (C=O) groups is 2. The van der Waals surface area contributed by atoms with Gasteiger partial charge in [0.15, 0.2) is 0 Å². The molecule has 0 unspecified atom stereocenters. The van der Waals surface area contributed by atoms with Crippen LogP contribution >= 0.6 is 45.9 Å². The van der Waals surface area contributed by atoms with E-state index in [-0.39, 0.29) is 11.8 Å². The molecule has 216 valence electrons. The Hall–Kier alpha value is -4.28. The van der Waals surface area contributed by atoms with Crippen molar-refractivity contribution >= 4 is 89.2 Å². The molecule has 6 aromatic rings. The van der Waals surface area contributed by atoms with Crippen LogP contribution in [0.25, 0.3) is 20.2 Å². The molecule has 0 spiro atoms. The van der Waals surface area contributed by atoms with Gasteiger partial charge in [-0.2, -0.15) is 0 Å². The molecule has 4 aromatic carbocycles. The fourth-order valence-electron chi connectivity index (χ4n) is 4.36. The van der Waals surface area contributed by atoms with Gasteiger partial charge in [-0.3, -0.25) is 9.59 Å². The molecule has 0 radical (unpaired) electrons. The van der Waals surface area contributed by atoms with Gasteiger partial charge >= 0.3 is 0 Å². The first-order valence-corrected chi connectivity index (χ1v) is 15.2. The van der Waals surface area contributed by atoms with Crippen molar-refractivity contribution in [3.63, 3.8) is 0 Å². The lowest BCUT2D eigenvalue weighted by molar-refractivity contribution is 0.102. The summed E-state index contributed by atoms with van der Waals surface area (Å²) >= 11 is 15.6. The second kappa shape index (κ2) is 12.1. The Morgan fingerprint density at radius 1 is 0.581 bits per heavy atom. The van der Waals surface area contributed by atoms with Gasteiger partial charge in [-0.15, -0.1) is 22.7 Å². The summed E-state index contributed by atoms with van der Waals surface area (Å²) in [5.41, 5.74) is 1.19. The summed E-state index contributed by atoms with van der Waals surface area (Å²) in [6.45, 7) is 0. The van der Waals surface area contributed by atoms with E-state index in [0.717, 1.165) is 20.2 Å². The van der Waals surface area contributed by atoms with Gasteiger partial charge in [-0.05, 0) is 84.9 Å². The molecule has 2 aromatic heterocycles. The predicted octanol–water partition coefficient (Wildman–Crippen LogP) is 9.74. The minimum absolute atomic E-state index is 0.298. The first-order valence-electron chi connectivity index (χ1n) is 12.9. The fourth-order valence-corrected chi connectivity index (χ4v) is 7.24. The van der Waals surface area contributed by atoms with E-state index in [1.807, 2.05) is 36.4 Å². The van der Waals surface area contributed by atoms with Crippen LogP contribution in [-0.4, -0.2) is 26.0 Å². The maximum absolute atomic E-state index is 12.9. The third-order valence-corrected chi connectivity index (χ3v) is 9.86. The SMILES string of the molecule is COc1ccc2c(Cl)c(C(=O)Nc3ccc(Oc4ccc(NC(=O)c5sc6cc(OC)ccc6c5Cl)cc4)cc3)sc2c1. The Kier molecular flexibility index (Phi) is 8.14. The van der Waals surface area contributed by atoms with Crippen LogP contribution in [0.2, 0.25) is 10.0 Å². The quantitative estimate of drug-likeness (QED) is 0.172. The molecule has 0 aliphatic carbocycles. The number of methoxy groups -OCH3 is 2. The van der Waals surface area contributed by atoms with Crippen molar-refractivity contribution in [2.75, 3.05) is 24.9 Å². The van der Waals surface area contributed by atoms with Crippen molar-refractivity contribution in [3.05, 3.63) is 105 Å². The van der Waals surface area contributed by atoms with Gasteiger partial charge < -0.3 is 24.8 Å². The molecule has 0 aliphatic heterocycles. The third kappa shape index (κ3) is 5.98. The number of thiophene rings is 2. The van der Waals surface area contributed by atoms with Crippen LogP contribution in [0, 0.1) is 0 Å². The van der Waals surface area contributed by atoms with Crippen LogP contribution < -0.4 is 24.8 Å². The minimum atomic E-state index is -0.298. The number of carbonyl (C=O) groups excluding carboxylic acids is 2. The van der Waals surface area contributed by atoms with E-state index in [9.17, 15) is 9.59 Å². The lowest BCUT2D eigenvalue weighted by Crippen LogP contribution is -2.10. The number of hydrogen-bond acceptors (Lipinski definition) is 7. The zero-order valence-electron chi connectivity index (χ0n) is 22.7. The lowest BCUT2D eigenvalue weighted by atomic mass is 10.2. The summed E-state index contributed by atoms with van der Waals surface area (Å²) in [6, 6.07) is 25.0. The van der Waals surface area contributed by atoms with Gasteiger partial charge in [-0.25, -0.2) is 0 Å². The van der Waals surface area contributed by atoms with Crippen molar-refractivity contribution < 1.29 is 23.8 Å². The summed E-state index contributed by atoms with van der Waals surface area (Å²) in [4.78, 5) is 26.7. The number of fused-ring (bicyclic) bond motifs is 2. The van der Waals surface area contributed by atoms with E-state index >= 15 is 0 Å². The van der Waals surface area contributed by atoms with Crippen molar-refractivity contribution in [3.8, 4) is 23.0 Å². The first-order chi connectivity index (χ1) is 20.8. The number of nitrogens with one attached hydrogen (secondary N) is 2. The first kappa shape index (κ1) is 28.8. The number of ether oxygens (including phenoxy) is 3. The van der Waals surface area contributed by atoms with E-state index in [1.54, 1.807) is 62.8 Å². The molecular weight excluding hydrogens is 627 g/mol. The average Bonchev–Trinajstić information content (AvgIpc) is 3.54. The van der Waals surface area contributed by atoms with Crippen molar-refractivity contribution in [1.82, 2.24) is 0 Å². The number of halogens is 2. The highest BCUT2D eigenvalue weighted by Gasteiger charge is 2.19. The Morgan fingerprint density at radius 3 is 1.33 bits per heavy atom. The molecule has 2 heterocycles. The van der Waals surface area contributed by atoms with Crippen LogP contribution in [0.1, 0.15) is 19.3 Å². The van der Waals surface area contributed by atoms with Crippen LogP contribution in [0.3, 0.4) is 0 Å². The van der Waals surface area contributed by atoms with Crippen LogP contribution in [0.4, 0.5) is 11.4 Å². The summed E-state index contributed by atoms with van der Waals surface area (Å²) < 4.78 is 18.2. The zero-order valence-corrected chi connectivity index (χ0v) is 25.8. The van der Waals surface area contributed by atoms with E-state index in [0.29, 0.717) is 54.2 Å². The maximum atomic E-state index is 12.9. The van der Waals surface area contributed by atoms with E-state index in [2.05, 4.69) is 10.6 Å². The van der Waals surface area contributed by atoms with Gasteiger partial charge in [-0.1, -0.05) is 23.2 Å². The summed E-state index contributed by atoms with van der Waals surface area (Å²) in [5.74, 6) is 1.96. The standard InChI is InChI=1S/C32H22Cl2N2O5S2/c1-39-21-11-13-23-25(15-21)42-29(27(23)33)31(37)35-17-3-7-19(8-4-17)41-20-9-5-18(6-10-20)36-32(38)30-28(34)24-14-12-22(40-2)16-26(24)43-30/h3-16H,1-2H3,(H,35,37)(H,36,38). The number of benzene rings is 4. The van der Waals surface area contributed by atoms with Crippen molar-refractivity contribution in [1.29, 1.82) is 0 Å². The van der Waals surface area contributed by atoms with Gasteiger partial charge in [0.1, 0.15) is 32.8 Å². The Morgan fingerprint density at radius 2 is 0.953 bits per heavy atom. The van der Waals surface area contributed by atoms with Gasteiger partial charge in [0.05, 0.1) is 24.3 Å². The van der Waals surface area contributed by atoms with Crippen molar-refractivity contribution in [2.24, 2.45) is 0 Å². The summed E-state index contributed by atoms with van der Waals surface area (Å²) in [5, 5.41) is 8.19. The number of amides is 2. The van der Waals surface area contributed by atoms with Crippen LogP contribution in [-0.2, 0) is 0 Å². The zero-order chi connectivity index (χ0) is 30.1. The monoisotopic (exact) mass is 648 g/mol. The van der Waals surface area contributed by atoms with Crippen LogP contribution in [0.15, 0.2) is 84.9 Å². The highest BCUT2D eigenvalue weighted by molar-refractivity contribution is 7.22. The second-order valence-corrected chi connectivity index (χ2v) is 12.1. The van der Waals surface area contributed by atoms with E-state index in [1.165, 1.54) is 22.7 Å². The van der Waals surface area contributed by atoms with E-state index in [4.69, 9.17) is 37.4 Å². The highest BCUT2D eigenvalue weighted by atomic mass is 35.5. The topological polar surface area (TPSA) is 85.9 Å². The molecule has 0 atom stereocenters. The molecule has 0 saturated carbocycles. The molecule has 7 nitrogen and oxygen atoms in total. The molecular formula is C32H22Cl2N2O5S2. The predicted molar refractivity (Wildman–Crippen MR) is 176 cm³/mol. The normalized spacial score (nSPS) is 11.0. The molecule has 0 aliphatic rings. The minimum Gasteiger partial charge on any atom is -0.497 e. The molecule has 0 saturated heterocycles. The second-order valence-electron chi connectivity index (χ2n) is 9.27.